The Morgan fingerprint density at radius 2 is 1.92 bits per heavy atom. The van der Waals surface area contributed by atoms with Crippen LogP contribution in [0, 0.1) is 11.8 Å². The summed E-state index contributed by atoms with van der Waals surface area (Å²) in [7, 11) is 0. The molecule has 0 spiro atoms. The Morgan fingerprint density at radius 1 is 1.15 bits per heavy atom. The van der Waals surface area contributed by atoms with E-state index >= 15 is 0 Å². The Kier molecular flexibility index (Phi) is 4.45. The molecule has 0 fully saturated rings. The molecule has 1 aromatic carbocycles. The van der Waals surface area contributed by atoms with Gasteiger partial charge in [-0.2, -0.15) is 0 Å². The highest BCUT2D eigenvalue weighted by Crippen LogP contribution is 2.21. The summed E-state index contributed by atoms with van der Waals surface area (Å²) in [6.45, 7) is 0. The number of hydrogen-bond donors (Lipinski definition) is 0. The molecule has 1 rings (SSSR count). The highest BCUT2D eigenvalue weighted by Gasteiger charge is 1.95. The van der Waals surface area contributed by atoms with Gasteiger partial charge >= 0.3 is 0 Å². The minimum absolute atomic E-state index is 0.527. The molecule has 0 aliphatic carbocycles. The molecule has 0 atom stereocenters. The predicted molar refractivity (Wildman–Crippen MR) is 58.7 cm³/mol. The first-order valence-corrected chi connectivity index (χ1v) is 5.03. The van der Waals surface area contributed by atoms with E-state index in [9.17, 15) is 0 Å². The third-order valence-electron chi connectivity index (χ3n) is 1.37. The molecule has 0 N–H and O–H groups in total. The van der Waals surface area contributed by atoms with Gasteiger partial charge in [-0.15, -0.1) is 11.6 Å². The van der Waals surface area contributed by atoms with Crippen molar-refractivity contribution in [2.45, 2.75) is 6.42 Å². The van der Waals surface area contributed by atoms with Crippen LogP contribution in [-0.2, 0) is 0 Å². The van der Waals surface area contributed by atoms with E-state index in [0.29, 0.717) is 22.3 Å². The molecular formula is C10H7Cl3. The molecule has 0 radical (unpaired) electrons. The molecule has 0 heterocycles. The van der Waals surface area contributed by atoms with Crippen LogP contribution in [0.1, 0.15) is 12.0 Å². The zero-order chi connectivity index (χ0) is 9.68. The van der Waals surface area contributed by atoms with E-state index in [2.05, 4.69) is 11.8 Å². The Labute approximate surface area is 92.8 Å². The van der Waals surface area contributed by atoms with Gasteiger partial charge in [0.2, 0.25) is 0 Å². The van der Waals surface area contributed by atoms with E-state index in [1.807, 2.05) is 6.07 Å². The van der Waals surface area contributed by atoms with Crippen LogP contribution in [0.25, 0.3) is 0 Å². The fourth-order valence-corrected chi connectivity index (χ4v) is 1.18. The van der Waals surface area contributed by atoms with Gasteiger partial charge in [0.05, 0.1) is 10.0 Å². The molecule has 0 aromatic heterocycles. The van der Waals surface area contributed by atoms with Crippen LogP contribution in [0.2, 0.25) is 10.0 Å². The summed E-state index contributed by atoms with van der Waals surface area (Å²) in [6, 6.07) is 5.30. The lowest BCUT2D eigenvalue weighted by Crippen LogP contribution is -1.75. The quantitative estimate of drug-likeness (QED) is 0.508. The van der Waals surface area contributed by atoms with E-state index in [-0.39, 0.29) is 0 Å². The highest BCUT2D eigenvalue weighted by atomic mass is 35.5. The highest BCUT2D eigenvalue weighted by molar-refractivity contribution is 6.42. The molecule has 13 heavy (non-hydrogen) atoms. The van der Waals surface area contributed by atoms with Gasteiger partial charge in [-0.25, -0.2) is 0 Å². The predicted octanol–water partition coefficient (Wildman–Crippen LogP) is 3.97. The molecule has 0 saturated carbocycles. The Balaban J connectivity index is 2.81. The van der Waals surface area contributed by atoms with Crippen molar-refractivity contribution >= 4 is 34.8 Å². The average molecular weight is 234 g/mol. The van der Waals surface area contributed by atoms with Crippen molar-refractivity contribution in [3.05, 3.63) is 33.8 Å². The first kappa shape index (κ1) is 10.7. The van der Waals surface area contributed by atoms with Crippen LogP contribution >= 0.6 is 34.8 Å². The normalized spacial score (nSPS) is 9.15. The third kappa shape index (κ3) is 3.48. The van der Waals surface area contributed by atoms with Crippen molar-refractivity contribution in [1.29, 1.82) is 0 Å². The zero-order valence-electron chi connectivity index (χ0n) is 6.78. The maximum Gasteiger partial charge on any atom is 0.0604 e. The molecule has 3 heteroatoms. The maximum absolute atomic E-state index is 5.80. The Morgan fingerprint density at radius 3 is 2.54 bits per heavy atom. The lowest BCUT2D eigenvalue weighted by molar-refractivity contribution is 1.29. The van der Waals surface area contributed by atoms with Crippen molar-refractivity contribution in [1.82, 2.24) is 0 Å². The molecular weight excluding hydrogens is 226 g/mol. The zero-order valence-corrected chi connectivity index (χ0v) is 9.05. The number of rotatable bonds is 1. The molecule has 0 unspecified atom stereocenters. The number of benzene rings is 1. The van der Waals surface area contributed by atoms with Crippen molar-refractivity contribution in [3.8, 4) is 11.8 Å². The van der Waals surface area contributed by atoms with Gasteiger partial charge in [-0.05, 0) is 18.2 Å². The standard InChI is InChI=1S/C10H7Cl3/c11-6-2-1-3-8-4-5-9(12)10(13)7-8/h4-5,7H,2,6H2. The SMILES string of the molecule is ClCCC#Cc1ccc(Cl)c(Cl)c1. The monoisotopic (exact) mass is 232 g/mol. The molecule has 0 amide bonds. The largest absolute Gasteiger partial charge is 0.126 e. The van der Waals surface area contributed by atoms with E-state index in [1.54, 1.807) is 12.1 Å². The number of hydrogen-bond acceptors (Lipinski definition) is 0. The van der Waals surface area contributed by atoms with E-state index < -0.39 is 0 Å². The summed E-state index contributed by atoms with van der Waals surface area (Å²) < 4.78 is 0. The van der Waals surface area contributed by atoms with Gasteiger partial charge in [-0.1, -0.05) is 35.0 Å². The molecule has 1 aromatic rings. The van der Waals surface area contributed by atoms with Crippen LogP contribution in [-0.4, -0.2) is 5.88 Å². The number of halogens is 3. The van der Waals surface area contributed by atoms with Crippen molar-refractivity contribution in [2.24, 2.45) is 0 Å². The fourth-order valence-electron chi connectivity index (χ4n) is 0.786. The summed E-state index contributed by atoms with van der Waals surface area (Å²) >= 11 is 17.0. The van der Waals surface area contributed by atoms with E-state index in [4.69, 9.17) is 34.8 Å². The summed E-state index contributed by atoms with van der Waals surface area (Å²) in [5, 5.41) is 1.07. The molecule has 0 nitrogen and oxygen atoms in total. The van der Waals surface area contributed by atoms with Crippen molar-refractivity contribution < 1.29 is 0 Å². The first-order valence-electron chi connectivity index (χ1n) is 3.74. The average Bonchev–Trinajstić information content (AvgIpc) is 2.12. The van der Waals surface area contributed by atoms with E-state index in [1.165, 1.54) is 0 Å². The smallest absolute Gasteiger partial charge is 0.0604 e. The third-order valence-corrected chi connectivity index (χ3v) is 2.30. The van der Waals surface area contributed by atoms with Gasteiger partial charge in [0.15, 0.2) is 0 Å². The van der Waals surface area contributed by atoms with Crippen molar-refractivity contribution in [3.63, 3.8) is 0 Å². The molecule has 68 valence electrons. The van der Waals surface area contributed by atoms with Crippen LogP contribution < -0.4 is 0 Å². The lowest BCUT2D eigenvalue weighted by Gasteiger charge is -1.94. The van der Waals surface area contributed by atoms with Gasteiger partial charge in [-0.3, -0.25) is 0 Å². The van der Waals surface area contributed by atoms with Gasteiger partial charge in [0, 0.05) is 17.9 Å². The first-order chi connectivity index (χ1) is 6.24. The maximum atomic E-state index is 5.80. The summed E-state index contributed by atoms with van der Waals surface area (Å²) in [4.78, 5) is 0. The molecule has 0 saturated heterocycles. The second kappa shape index (κ2) is 5.40. The van der Waals surface area contributed by atoms with Crippen molar-refractivity contribution in [2.75, 3.05) is 5.88 Å². The molecule has 0 aliphatic rings. The second-order valence-corrected chi connectivity index (χ2v) is 3.56. The van der Waals surface area contributed by atoms with Crippen LogP contribution in [0.15, 0.2) is 18.2 Å². The van der Waals surface area contributed by atoms with E-state index in [0.717, 1.165) is 5.56 Å². The second-order valence-electron chi connectivity index (χ2n) is 2.37. The summed E-state index contributed by atoms with van der Waals surface area (Å²) in [5.41, 5.74) is 0.861. The summed E-state index contributed by atoms with van der Waals surface area (Å²) in [5.74, 6) is 6.40. The minimum atomic E-state index is 0.527. The Bertz CT molecular complexity index is 347. The van der Waals surface area contributed by atoms with Gasteiger partial charge in [0.1, 0.15) is 0 Å². The minimum Gasteiger partial charge on any atom is -0.126 e. The van der Waals surface area contributed by atoms with Crippen LogP contribution in [0.4, 0.5) is 0 Å². The fraction of sp³-hybridized carbons (Fsp3) is 0.200. The molecule has 0 bridgehead atoms. The van der Waals surface area contributed by atoms with Gasteiger partial charge < -0.3 is 0 Å². The van der Waals surface area contributed by atoms with Crippen LogP contribution in [0.5, 0.6) is 0 Å². The van der Waals surface area contributed by atoms with Crippen LogP contribution in [0.3, 0.4) is 0 Å². The summed E-state index contributed by atoms with van der Waals surface area (Å²) in [6.07, 6.45) is 0.682. The van der Waals surface area contributed by atoms with Gasteiger partial charge in [0.25, 0.3) is 0 Å². The molecule has 0 aliphatic heterocycles. The lowest BCUT2D eigenvalue weighted by atomic mass is 10.2. The Hall–Kier alpha value is -0.350. The topological polar surface area (TPSA) is 0 Å². The number of alkyl halides is 1.